The van der Waals surface area contributed by atoms with Crippen LogP contribution in [0.2, 0.25) is 0 Å². The lowest BCUT2D eigenvalue weighted by atomic mass is 9.91. The average molecular weight is 647 g/mol. The van der Waals surface area contributed by atoms with Crippen LogP contribution in [0, 0.1) is 5.92 Å². The minimum Gasteiger partial charge on any atom is -0.394 e. The summed E-state index contributed by atoms with van der Waals surface area (Å²) in [6.07, 6.45) is -27.6. The third-order valence-corrected chi connectivity index (χ3v) is 8.67. The smallest absolute Gasteiger partial charge is 0.187 e. The highest BCUT2D eigenvalue weighted by Crippen LogP contribution is 2.37. The van der Waals surface area contributed by atoms with E-state index < -0.39 is 136 Å². The van der Waals surface area contributed by atoms with Crippen LogP contribution in [0.5, 0.6) is 0 Å². The molecule has 18 heteroatoms. The molecule has 20 atom stereocenters. The molecule has 44 heavy (non-hydrogen) atoms. The zero-order valence-electron chi connectivity index (χ0n) is 24.7. The Morgan fingerprint density at radius 1 is 0.455 bits per heavy atom. The van der Waals surface area contributed by atoms with Gasteiger partial charge in [-0.2, -0.15) is 0 Å². The van der Waals surface area contributed by atoms with E-state index in [1.807, 2.05) is 0 Å². The summed E-state index contributed by atoms with van der Waals surface area (Å²) < 4.78 is 46.1. The number of ether oxygens (including phenoxy) is 8. The van der Waals surface area contributed by atoms with Crippen LogP contribution in [0.3, 0.4) is 0 Å². The van der Waals surface area contributed by atoms with E-state index in [0.29, 0.717) is 0 Å². The first kappa shape index (κ1) is 36.1. The van der Waals surface area contributed by atoms with E-state index >= 15 is 0 Å². The van der Waals surface area contributed by atoms with Crippen LogP contribution in [0.1, 0.15) is 20.8 Å². The number of aliphatic hydroxyl groups excluding tert-OH is 10. The number of hydrogen-bond donors (Lipinski definition) is 10. The summed E-state index contributed by atoms with van der Waals surface area (Å²) in [6.45, 7) is 3.10. The third kappa shape index (κ3) is 7.08. The second-order valence-corrected chi connectivity index (χ2v) is 11.7. The molecule has 0 aromatic heterocycles. The Balaban J connectivity index is 1.64. The zero-order valence-corrected chi connectivity index (χ0v) is 24.7. The van der Waals surface area contributed by atoms with Gasteiger partial charge in [-0.3, -0.25) is 0 Å². The molecule has 10 N–H and O–H groups in total. The van der Waals surface area contributed by atoms with Crippen LogP contribution in [0.4, 0.5) is 0 Å². The van der Waals surface area contributed by atoms with Crippen LogP contribution in [-0.2, 0) is 37.9 Å². The molecule has 0 radical (unpaired) electrons. The predicted molar refractivity (Wildman–Crippen MR) is 139 cm³/mol. The van der Waals surface area contributed by atoms with Crippen LogP contribution < -0.4 is 0 Å². The van der Waals surface area contributed by atoms with Gasteiger partial charge in [0, 0.05) is 13.0 Å². The number of rotatable bonds is 9. The molecule has 0 bridgehead atoms. The van der Waals surface area contributed by atoms with Gasteiger partial charge in [-0.1, -0.05) is 6.92 Å². The molecule has 0 aliphatic carbocycles. The molecule has 4 fully saturated rings. The highest BCUT2D eigenvalue weighted by atomic mass is 16.8. The maximum atomic E-state index is 11.0. The quantitative estimate of drug-likeness (QED) is 0.112. The normalized spacial score (nSPS) is 53.9. The van der Waals surface area contributed by atoms with Crippen molar-refractivity contribution < 1.29 is 89.0 Å². The van der Waals surface area contributed by atoms with Gasteiger partial charge in [0.25, 0.3) is 0 Å². The Morgan fingerprint density at radius 2 is 0.909 bits per heavy atom. The molecule has 0 spiro atoms. The van der Waals surface area contributed by atoms with Gasteiger partial charge >= 0.3 is 0 Å². The zero-order chi connectivity index (χ0) is 32.6. The van der Waals surface area contributed by atoms with Gasteiger partial charge in [-0.25, -0.2) is 0 Å². The molecule has 4 aliphatic rings. The third-order valence-electron chi connectivity index (χ3n) is 8.67. The molecule has 0 amide bonds. The van der Waals surface area contributed by atoms with Gasteiger partial charge in [-0.05, 0) is 13.8 Å². The van der Waals surface area contributed by atoms with Crippen molar-refractivity contribution in [3.63, 3.8) is 0 Å². The van der Waals surface area contributed by atoms with E-state index in [1.54, 1.807) is 6.92 Å². The van der Waals surface area contributed by atoms with Crippen molar-refractivity contribution in [2.45, 2.75) is 137 Å². The molecule has 8 unspecified atom stereocenters. The Hall–Kier alpha value is -0.720. The number of methoxy groups -OCH3 is 1. The van der Waals surface area contributed by atoms with Crippen LogP contribution in [0.15, 0.2) is 0 Å². The Morgan fingerprint density at radius 3 is 1.39 bits per heavy atom. The number of hydrogen-bond acceptors (Lipinski definition) is 18. The number of aliphatic hydroxyl groups is 10. The average Bonchev–Trinajstić information content (AvgIpc) is 3.01. The molecule has 18 nitrogen and oxygen atoms in total. The van der Waals surface area contributed by atoms with E-state index in [-0.39, 0.29) is 0 Å². The first-order valence-corrected chi connectivity index (χ1v) is 14.5. The SMILES string of the molecule is CO[C@@H]1OC(CO)[C@@H](O[C@@H]2OC(C)[C@@H](O)[C@H](O)C2O)[C@H](O[C@@H]2OC(CO)[C@H](O)[C@H](O)C2O[C@@H]2OC(C)[C@@H](O)[C@H](O)C2O)C1C. The molecule has 4 aliphatic heterocycles. The van der Waals surface area contributed by atoms with Crippen molar-refractivity contribution >= 4 is 0 Å². The fraction of sp³-hybridized carbons (Fsp3) is 1.00. The molecular weight excluding hydrogens is 600 g/mol. The van der Waals surface area contributed by atoms with E-state index in [0.717, 1.165) is 0 Å². The Labute approximate surface area is 253 Å². The maximum Gasteiger partial charge on any atom is 0.187 e. The van der Waals surface area contributed by atoms with Gasteiger partial charge in [0.2, 0.25) is 0 Å². The van der Waals surface area contributed by atoms with Crippen molar-refractivity contribution in [3.8, 4) is 0 Å². The van der Waals surface area contributed by atoms with Gasteiger partial charge in [-0.15, -0.1) is 0 Å². The summed E-state index contributed by atoms with van der Waals surface area (Å²) in [4.78, 5) is 0. The molecule has 4 saturated heterocycles. The Bertz CT molecular complexity index is 901. The fourth-order valence-corrected chi connectivity index (χ4v) is 5.85. The lowest BCUT2D eigenvalue weighted by molar-refractivity contribution is -0.395. The Kier molecular flexibility index (Phi) is 12.3. The topological polar surface area (TPSA) is 276 Å². The van der Waals surface area contributed by atoms with Crippen molar-refractivity contribution in [3.05, 3.63) is 0 Å². The predicted octanol–water partition coefficient (Wildman–Crippen LogP) is -5.76. The van der Waals surface area contributed by atoms with Crippen molar-refractivity contribution in [1.82, 2.24) is 0 Å². The van der Waals surface area contributed by atoms with E-state index in [4.69, 9.17) is 37.9 Å². The molecule has 258 valence electrons. The molecule has 0 saturated carbocycles. The first-order valence-electron chi connectivity index (χ1n) is 14.5. The standard InChI is InChI=1S/C26H46O18/c1-7-20(21(11(6-28)41-23(7)37-4)43-24-18(35)15(32)12(29)8(2)38-24)42-26-22(17(34)14(31)10(5-27)40-26)44-25-19(36)16(33)13(30)9(3)39-25/h7-36H,5-6H2,1-4H3/t7?,8?,9?,10?,11?,12-,13-,14+,15+,16+,17+,18?,19?,20-,21-,22?,23-,24+,25+,26+/m1/s1. The van der Waals surface area contributed by atoms with E-state index in [2.05, 4.69) is 0 Å². The monoisotopic (exact) mass is 646 g/mol. The largest absolute Gasteiger partial charge is 0.394 e. The fourth-order valence-electron chi connectivity index (χ4n) is 5.85. The maximum absolute atomic E-state index is 11.0. The van der Waals surface area contributed by atoms with Gasteiger partial charge < -0.3 is 89.0 Å². The van der Waals surface area contributed by atoms with Crippen LogP contribution in [0.25, 0.3) is 0 Å². The van der Waals surface area contributed by atoms with Crippen molar-refractivity contribution in [2.75, 3.05) is 20.3 Å². The lowest BCUT2D eigenvalue weighted by Gasteiger charge is -2.50. The summed E-state index contributed by atoms with van der Waals surface area (Å²) >= 11 is 0. The highest BCUT2D eigenvalue weighted by Gasteiger charge is 2.55. The molecule has 0 aromatic carbocycles. The summed E-state index contributed by atoms with van der Waals surface area (Å²) in [5.41, 5.74) is 0. The van der Waals surface area contributed by atoms with E-state index in [1.165, 1.54) is 21.0 Å². The van der Waals surface area contributed by atoms with Gasteiger partial charge in [0.05, 0.1) is 31.5 Å². The van der Waals surface area contributed by atoms with Crippen LogP contribution in [-0.4, -0.2) is 188 Å². The second-order valence-electron chi connectivity index (χ2n) is 11.7. The van der Waals surface area contributed by atoms with Crippen LogP contribution >= 0.6 is 0 Å². The highest BCUT2D eigenvalue weighted by molar-refractivity contribution is 4.97. The molecule has 4 rings (SSSR count). The second kappa shape index (κ2) is 15.0. The minimum atomic E-state index is -1.80. The molecular formula is C26H46O18. The molecule has 4 heterocycles. The first-order chi connectivity index (χ1) is 20.7. The van der Waals surface area contributed by atoms with Gasteiger partial charge in [0.1, 0.15) is 73.2 Å². The van der Waals surface area contributed by atoms with Crippen molar-refractivity contribution in [2.24, 2.45) is 5.92 Å². The van der Waals surface area contributed by atoms with Gasteiger partial charge in [0.15, 0.2) is 25.2 Å². The van der Waals surface area contributed by atoms with Crippen molar-refractivity contribution in [1.29, 1.82) is 0 Å². The summed E-state index contributed by atoms with van der Waals surface area (Å²) in [5, 5.41) is 103. The summed E-state index contributed by atoms with van der Waals surface area (Å²) in [6, 6.07) is 0. The summed E-state index contributed by atoms with van der Waals surface area (Å²) in [7, 11) is 1.34. The lowest BCUT2D eigenvalue weighted by Crippen LogP contribution is -2.66. The van der Waals surface area contributed by atoms with E-state index in [9.17, 15) is 51.1 Å². The molecule has 0 aromatic rings. The minimum absolute atomic E-state index is 0.646. The summed E-state index contributed by atoms with van der Waals surface area (Å²) in [5.74, 6) is -0.740.